The minimum absolute atomic E-state index is 0. The zero-order valence-electron chi connectivity index (χ0n) is 18.4. The van der Waals surface area contributed by atoms with Crippen LogP contribution in [0.2, 0.25) is 0 Å². The van der Waals surface area contributed by atoms with E-state index in [1.165, 1.54) is 16.9 Å². The first kappa shape index (κ1) is 26.5. The molecule has 2 aromatic carbocycles. The third-order valence-electron chi connectivity index (χ3n) is 4.87. The summed E-state index contributed by atoms with van der Waals surface area (Å²) < 4.78 is 3.10. The summed E-state index contributed by atoms with van der Waals surface area (Å²) in [5.41, 5.74) is 15.0. The van der Waals surface area contributed by atoms with Crippen LogP contribution in [0.1, 0.15) is 32.7 Å². The van der Waals surface area contributed by atoms with E-state index < -0.39 is 5.97 Å². The van der Waals surface area contributed by atoms with Gasteiger partial charge in [-0.1, -0.05) is 59.8 Å². The summed E-state index contributed by atoms with van der Waals surface area (Å²) in [5.74, 6) is -1.10. The fraction of sp³-hybridized carbons (Fsp3) is 0.167. The normalized spacial score (nSPS) is 10.1. The third-order valence-corrected chi connectivity index (χ3v) is 4.87. The number of carboxylic acid groups (broad SMARTS) is 1. The first-order chi connectivity index (χ1) is 16.0. The maximum atomic E-state index is 11.7. The molecule has 2 aromatic heterocycles. The molecule has 34 heavy (non-hydrogen) atoms. The molecule has 4 rings (SSSR count). The van der Waals surface area contributed by atoms with Crippen LogP contribution in [0.5, 0.6) is 0 Å². The highest BCUT2D eigenvalue weighted by molar-refractivity contribution is 5.85. The Hall–Kier alpha value is -3.79. The van der Waals surface area contributed by atoms with Gasteiger partial charge in [0.15, 0.2) is 5.69 Å². The number of benzene rings is 2. The number of carbonyl (C=O) groups is 1. The maximum Gasteiger partial charge on any atom is 0.358 e. The summed E-state index contributed by atoms with van der Waals surface area (Å²) in [6.07, 6.45) is 3.14. The molecule has 2 heterocycles. The van der Waals surface area contributed by atoms with Gasteiger partial charge < -0.3 is 21.1 Å². The van der Waals surface area contributed by atoms with Crippen LogP contribution in [0.3, 0.4) is 0 Å². The standard InChI is InChI=1S/C16H14N4O3.C8H12N2.ClH/c21-15-3-1-2-8-19(15)9-12-4-6-13(7-5-12)10-20-11-14(16(22)23)17-18-20;9-5-7-1-2-8(6-10)4-3-7;/h1-8,11H,9-10H2,(H,22,23);1-4H,5-6,9-10H2;1H. The van der Waals surface area contributed by atoms with Crippen molar-refractivity contribution in [3.8, 4) is 0 Å². The van der Waals surface area contributed by atoms with Gasteiger partial charge >= 0.3 is 5.97 Å². The van der Waals surface area contributed by atoms with Crippen LogP contribution < -0.4 is 17.0 Å². The third kappa shape index (κ3) is 7.66. The Morgan fingerprint density at radius 1 is 0.824 bits per heavy atom. The number of hydrogen-bond donors (Lipinski definition) is 3. The van der Waals surface area contributed by atoms with Crippen molar-refractivity contribution in [1.29, 1.82) is 0 Å². The molecular weight excluding hydrogens is 456 g/mol. The Labute approximate surface area is 203 Å². The number of nitrogens with zero attached hydrogens (tertiary/aromatic N) is 4. The second-order valence-corrected chi connectivity index (χ2v) is 7.31. The molecule has 0 bridgehead atoms. The molecule has 0 fully saturated rings. The van der Waals surface area contributed by atoms with Crippen LogP contribution in [0.25, 0.3) is 0 Å². The molecule has 0 aliphatic heterocycles. The Kier molecular flexibility index (Phi) is 10.2. The van der Waals surface area contributed by atoms with E-state index in [1.807, 2.05) is 54.6 Å². The lowest BCUT2D eigenvalue weighted by molar-refractivity contribution is 0.0690. The number of hydrogen-bond acceptors (Lipinski definition) is 6. The van der Waals surface area contributed by atoms with E-state index in [0.29, 0.717) is 26.2 Å². The zero-order valence-corrected chi connectivity index (χ0v) is 19.3. The molecule has 0 aliphatic carbocycles. The van der Waals surface area contributed by atoms with Crippen LogP contribution >= 0.6 is 12.4 Å². The largest absolute Gasteiger partial charge is 0.476 e. The molecule has 0 amide bonds. The van der Waals surface area contributed by atoms with Gasteiger partial charge in [0.05, 0.1) is 19.3 Å². The maximum absolute atomic E-state index is 11.7. The first-order valence-electron chi connectivity index (χ1n) is 10.3. The van der Waals surface area contributed by atoms with Gasteiger partial charge in [-0.3, -0.25) is 4.79 Å². The number of carboxylic acids is 1. The molecule has 0 radical (unpaired) electrons. The monoisotopic (exact) mass is 482 g/mol. The Bertz CT molecular complexity index is 1210. The molecule has 4 aromatic rings. The zero-order chi connectivity index (χ0) is 23.6. The molecule has 0 atom stereocenters. The van der Waals surface area contributed by atoms with E-state index in [9.17, 15) is 9.59 Å². The molecule has 0 spiro atoms. The van der Waals surface area contributed by atoms with Crippen LogP contribution in [0.4, 0.5) is 0 Å². The Morgan fingerprint density at radius 2 is 1.35 bits per heavy atom. The van der Waals surface area contributed by atoms with Crippen molar-refractivity contribution in [2.24, 2.45) is 11.5 Å². The van der Waals surface area contributed by atoms with Crippen molar-refractivity contribution in [2.45, 2.75) is 26.2 Å². The number of rotatable bonds is 7. The average molecular weight is 483 g/mol. The van der Waals surface area contributed by atoms with Crippen LogP contribution in [0.15, 0.2) is 83.9 Å². The van der Waals surface area contributed by atoms with E-state index in [0.717, 1.165) is 22.3 Å². The van der Waals surface area contributed by atoms with Gasteiger partial charge in [0.1, 0.15) is 0 Å². The lowest BCUT2D eigenvalue weighted by atomic mass is 10.1. The van der Waals surface area contributed by atoms with E-state index in [1.54, 1.807) is 16.8 Å². The van der Waals surface area contributed by atoms with Crippen molar-refractivity contribution in [2.75, 3.05) is 0 Å². The fourth-order valence-electron chi connectivity index (χ4n) is 3.01. The average Bonchev–Trinajstić information content (AvgIpc) is 3.31. The summed E-state index contributed by atoms with van der Waals surface area (Å²) in [6, 6.07) is 20.8. The van der Waals surface area contributed by atoms with Gasteiger partial charge in [-0.15, -0.1) is 17.5 Å². The first-order valence-corrected chi connectivity index (χ1v) is 10.3. The van der Waals surface area contributed by atoms with Gasteiger partial charge in [-0.25, -0.2) is 9.48 Å². The highest BCUT2D eigenvalue weighted by atomic mass is 35.5. The number of pyridine rings is 1. The number of nitrogens with two attached hydrogens (primary N) is 2. The Balaban J connectivity index is 0.000000314. The highest BCUT2D eigenvalue weighted by Crippen LogP contribution is 2.08. The number of halogens is 1. The molecular formula is C24H27ClN6O3. The lowest BCUT2D eigenvalue weighted by Gasteiger charge is -2.06. The quantitative estimate of drug-likeness (QED) is 0.366. The molecule has 0 saturated carbocycles. The van der Waals surface area contributed by atoms with E-state index in [2.05, 4.69) is 10.3 Å². The second-order valence-electron chi connectivity index (χ2n) is 7.31. The predicted octanol–water partition coefficient (Wildman–Crippen LogP) is 2.26. The van der Waals surface area contributed by atoms with Gasteiger partial charge in [0.2, 0.25) is 0 Å². The Morgan fingerprint density at radius 3 is 1.82 bits per heavy atom. The minimum atomic E-state index is -1.10. The molecule has 0 unspecified atom stereocenters. The van der Waals surface area contributed by atoms with Crippen molar-refractivity contribution >= 4 is 18.4 Å². The van der Waals surface area contributed by atoms with Crippen molar-refractivity contribution in [3.05, 3.63) is 117 Å². The lowest BCUT2D eigenvalue weighted by Crippen LogP contribution is -2.18. The summed E-state index contributed by atoms with van der Waals surface area (Å²) in [6.45, 7) is 2.15. The summed E-state index contributed by atoms with van der Waals surface area (Å²) in [4.78, 5) is 22.5. The number of aromatic carboxylic acids is 1. The SMILES string of the molecule is Cl.NCc1ccc(CN)cc1.O=C(O)c1cn(Cc2ccc(Cn3ccccc3=O)cc2)nn1. The smallest absolute Gasteiger partial charge is 0.358 e. The van der Waals surface area contributed by atoms with Gasteiger partial charge in [0, 0.05) is 25.4 Å². The van der Waals surface area contributed by atoms with Crippen LogP contribution in [-0.2, 0) is 26.2 Å². The molecule has 10 heteroatoms. The molecule has 5 N–H and O–H groups in total. The topological polar surface area (TPSA) is 142 Å². The molecule has 0 saturated heterocycles. The van der Waals surface area contributed by atoms with E-state index in [4.69, 9.17) is 16.6 Å². The number of aromatic nitrogens is 4. The van der Waals surface area contributed by atoms with Crippen molar-refractivity contribution in [1.82, 2.24) is 19.6 Å². The summed E-state index contributed by atoms with van der Waals surface area (Å²) >= 11 is 0. The minimum Gasteiger partial charge on any atom is -0.476 e. The molecule has 178 valence electrons. The van der Waals surface area contributed by atoms with Gasteiger partial charge in [-0.05, 0) is 28.3 Å². The van der Waals surface area contributed by atoms with Crippen LogP contribution in [0, 0.1) is 0 Å². The van der Waals surface area contributed by atoms with E-state index >= 15 is 0 Å². The second kappa shape index (κ2) is 13.0. The van der Waals surface area contributed by atoms with Gasteiger partial charge in [-0.2, -0.15) is 0 Å². The fourth-order valence-corrected chi connectivity index (χ4v) is 3.01. The van der Waals surface area contributed by atoms with Crippen LogP contribution in [-0.4, -0.2) is 30.6 Å². The van der Waals surface area contributed by atoms with Crippen molar-refractivity contribution in [3.63, 3.8) is 0 Å². The van der Waals surface area contributed by atoms with E-state index in [-0.39, 0.29) is 23.7 Å². The molecule has 9 nitrogen and oxygen atoms in total. The van der Waals surface area contributed by atoms with Gasteiger partial charge in [0.25, 0.3) is 5.56 Å². The molecule has 0 aliphatic rings. The summed E-state index contributed by atoms with van der Waals surface area (Å²) in [7, 11) is 0. The van der Waals surface area contributed by atoms with Crippen molar-refractivity contribution < 1.29 is 9.90 Å². The summed E-state index contributed by atoms with van der Waals surface area (Å²) in [5, 5.41) is 16.2. The highest BCUT2D eigenvalue weighted by Gasteiger charge is 2.08. The predicted molar refractivity (Wildman–Crippen MR) is 132 cm³/mol.